The summed E-state index contributed by atoms with van der Waals surface area (Å²) in [7, 11) is 0. The molecule has 0 radical (unpaired) electrons. The Balaban J connectivity index is 2.62. The van der Waals surface area contributed by atoms with Gasteiger partial charge in [0.2, 0.25) is 0 Å². The molecule has 0 spiro atoms. The van der Waals surface area contributed by atoms with Crippen LogP contribution in [0.2, 0.25) is 0 Å². The lowest BCUT2D eigenvalue weighted by molar-refractivity contribution is 0.468. The summed E-state index contributed by atoms with van der Waals surface area (Å²) < 4.78 is 1.18. The van der Waals surface area contributed by atoms with Gasteiger partial charge < -0.3 is 10.4 Å². The summed E-state index contributed by atoms with van der Waals surface area (Å²) in [5, 5.41) is 16.8. The molecule has 0 saturated carbocycles. The van der Waals surface area contributed by atoms with Gasteiger partial charge in [-0.1, -0.05) is 6.08 Å². The first-order chi connectivity index (χ1) is 8.54. The normalized spacial score (nSPS) is 10.3. The summed E-state index contributed by atoms with van der Waals surface area (Å²) >= 11 is 11.4. The van der Waals surface area contributed by atoms with Gasteiger partial charge in [-0.05, 0) is 61.8 Å². The number of nitrogens with one attached hydrogen (secondary N) is 2. The van der Waals surface area contributed by atoms with Crippen molar-refractivity contribution >= 4 is 55.4 Å². The number of hydrazone groups is 1. The number of nitrogens with zero attached hydrogens (tertiary/aromatic N) is 1. The van der Waals surface area contributed by atoms with Crippen molar-refractivity contribution in [1.82, 2.24) is 10.7 Å². The molecule has 4 nitrogen and oxygen atoms in total. The Hall–Kier alpha value is -0.920. The zero-order valence-corrected chi connectivity index (χ0v) is 13.3. The molecule has 0 bridgehead atoms. The van der Waals surface area contributed by atoms with Crippen molar-refractivity contribution in [3.05, 3.63) is 39.3 Å². The van der Waals surface area contributed by atoms with Gasteiger partial charge >= 0.3 is 0 Å². The van der Waals surface area contributed by atoms with E-state index in [0.717, 1.165) is 5.56 Å². The summed E-state index contributed by atoms with van der Waals surface area (Å²) in [6.45, 7) is 4.15. The number of hydrogen-bond acceptors (Lipinski definition) is 3. The van der Waals surface area contributed by atoms with Gasteiger partial charge in [0, 0.05) is 6.54 Å². The second-order valence-electron chi connectivity index (χ2n) is 3.20. The molecule has 0 aliphatic rings. The predicted octanol–water partition coefficient (Wildman–Crippen LogP) is 2.90. The molecule has 1 aromatic rings. The van der Waals surface area contributed by atoms with Crippen molar-refractivity contribution in [2.24, 2.45) is 5.10 Å². The van der Waals surface area contributed by atoms with Crippen LogP contribution in [-0.2, 0) is 0 Å². The molecule has 1 rings (SSSR count). The number of thiocarbonyl (C=S) groups is 1. The first-order valence-electron chi connectivity index (χ1n) is 4.90. The van der Waals surface area contributed by atoms with Gasteiger partial charge in [0.15, 0.2) is 5.11 Å². The molecule has 0 aliphatic heterocycles. The van der Waals surface area contributed by atoms with Crippen molar-refractivity contribution < 1.29 is 5.11 Å². The molecule has 0 saturated heterocycles. The van der Waals surface area contributed by atoms with Crippen LogP contribution in [0.5, 0.6) is 5.75 Å². The Morgan fingerprint density at radius 1 is 1.44 bits per heavy atom. The average Bonchev–Trinajstić information content (AvgIpc) is 2.33. The molecule has 0 atom stereocenters. The van der Waals surface area contributed by atoms with E-state index >= 15 is 0 Å². The number of phenolic OH excluding ortho intramolecular Hbond substituents is 1. The molecule has 0 unspecified atom stereocenters. The molecule has 0 amide bonds. The van der Waals surface area contributed by atoms with Gasteiger partial charge in [-0.15, -0.1) is 6.58 Å². The molecule has 0 heterocycles. The van der Waals surface area contributed by atoms with Crippen LogP contribution in [0.3, 0.4) is 0 Å². The summed E-state index contributed by atoms with van der Waals surface area (Å²) in [6.07, 6.45) is 3.29. The minimum atomic E-state index is 0.156. The smallest absolute Gasteiger partial charge is 0.187 e. The number of benzene rings is 1. The summed E-state index contributed by atoms with van der Waals surface area (Å²) in [5.74, 6) is 0.156. The van der Waals surface area contributed by atoms with Crippen LogP contribution in [0.15, 0.2) is 38.8 Å². The maximum atomic E-state index is 9.55. The summed E-state index contributed by atoms with van der Waals surface area (Å²) in [6, 6.07) is 3.48. The Kier molecular flexibility index (Phi) is 6.31. The van der Waals surface area contributed by atoms with Crippen LogP contribution in [0.25, 0.3) is 0 Å². The van der Waals surface area contributed by atoms with Crippen LogP contribution in [0.1, 0.15) is 5.56 Å². The minimum Gasteiger partial charge on any atom is -0.506 e. The molecule has 96 valence electrons. The largest absolute Gasteiger partial charge is 0.506 e. The fourth-order valence-electron chi connectivity index (χ4n) is 1.03. The van der Waals surface area contributed by atoms with E-state index in [0.29, 0.717) is 20.6 Å². The Morgan fingerprint density at radius 3 is 2.61 bits per heavy atom. The predicted molar refractivity (Wildman–Crippen MR) is 85.0 cm³/mol. The van der Waals surface area contributed by atoms with Gasteiger partial charge in [0.1, 0.15) is 5.75 Å². The SMILES string of the molecule is C=CCNC(=S)N/N=C\c1cc(Br)c(O)c(Br)c1. The van der Waals surface area contributed by atoms with E-state index in [-0.39, 0.29) is 5.75 Å². The average molecular weight is 393 g/mol. The van der Waals surface area contributed by atoms with E-state index in [1.807, 2.05) is 0 Å². The number of hydrogen-bond donors (Lipinski definition) is 3. The third-order valence-electron chi connectivity index (χ3n) is 1.83. The first kappa shape index (κ1) is 15.1. The zero-order valence-electron chi connectivity index (χ0n) is 9.28. The maximum Gasteiger partial charge on any atom is 0.187 e. The highest BCUT2D eigenvalue weighted by molar-refractivity contribution is 9.11. The number of halogens is 2. The Morgan fingerprint density at radius 2 is 2.06 bits per heavy atom. The van der Waals surface area contributed by atoms with Crippen LogP contribution in [0.4, 0.5) is 0 Å². The third-order valence-corrected chi connectivity index (χ3v) is 3.27. The van der Waals surface area contributed by atoms with E-state index in [9.17, 15) is 5.11 Å². The third kappa shape index (κ3) is 4.75. The molecular formula is C11H11Br2N3OS. The van der Waals surface area contributed by atoms with Gasteiger partial charge in [-0.25, -0.2) is 0 Å². The summed E-state index contributed by atoms with van der Waals surface area (Å²) in [4.78, 5) is 0. The van der Waals surface area contributed by atoms with E-state index in [1.165, 1.54) is 0 Å². The second kappa shape index (κ2) is 7.50. The minimum absolute atomic E-state index is 0.156. The van der Waals surface area contributed by atoms with Crippen LogP contribution in [0, 0.1) is 0 Å². The lowest BCUT2D eigenvalue weighted by atomic mass is 10.2. The molecule has 0 fully saturated rings. The molecule has 18 heavy (non-hydrogen) atoms. The number of phenols is 1. The highest BCUT2D eigenvalue weighted by atomic mass is 79.9. The van der Waals surface area contributed by atoms with Crippen molar-refractivity contribution in [2.75, 3.05) is 6.54 Å². The van der Waals surface area contributed by atoms with Crippen molar-refractivity contribution in [1.29, 1.82) is 0 Å². The van der Waals surface area contributed by atoms with Crippen LogP contribution >= 0.6 is 44.1 Å². The van der Waals surface area contributed by atoms with Gasteiger partial charge in [-0.2, -0.15) is 5.10 Å². The lowest BCUT2D eigenvalue weighted by Gasteiger charge is -2.04. The van der Waals surface area contributed by atoms with Gasteiger partial charge in [-0.3, -0.25) is 5.43 Å². The molecule has 1 aromatic carbocycles. The Bertz CT molecular complexity index is 468. The standard InChI is InChI=1S/C11H11Br2N3OS/c1-2-3-14-11(18)16-15-6-7-4-8(12)10(17)9(13)5-7/h2,4-6,17H,1,3H2,(H2,14,16,18)/b15-6-. The number of rotatable bonds is 4. The lowest BCUT2D eigenvalue weighted by Crippen LogP contribution is -2.31. The second-order valence-corrected chi connectivity index (χ2v) is 5.32. The highest BCUT2D eigenvalue weighted by Gasteiger charge is 2.04. The topological polar surface area (TPSA) is 56.7 Å². The van der Waals surface area contributed by atoms with Crippen molar-refractivity contribution in [2.45, 2.75) is 0 Å². The highest BCUT2D eigenvalue weighted by Crippen LogP contribution is 2.32. The van der Waals surface area contributed by atoms with Crippen molar-refractivity contribution in [3.63, 3.8) is 0 Å². The first-order valence-corrected chi connectivity index (χ1v) is 6.90. The van der Waals surface area contributed by atoms with Gasteiger partial charge in [0.25, 0.3) is 0 Å². The van der Waals surface area contributed by atoms with E-state index in [2.05, 4.69) is 54.3 Å². The van der Waals surface area contributed by atoms with Crippen molar-refractivity contribution in [3.8, 4) is 5.75 Å². The fraction of sp³-hybridized carbons (Fsp3) is 0.0909. The van der Waals surface area contributed by atoms with E-state index < -0.39 is 0 Å². The zero-order chi connectivity index (χ0) is 13.5. The maximum absolute atomic E-state index is 9.55. The Labute approximate surface area is 127 Å². The quantitative estimate of drug-likeness (QED) is 0.319. The van der Waals surface area contributed by atoms with Gasteiger partial charge in [0.05, 0.1) is 15.2 Å². The fourth-order valence-corrected chi connectivity index (χ4v) is 2.39. The van der Waals surface area contributed by atoms with E-state index in [4.69, 9.17) is 12.2 Å². The molecular weight excluding hydrogens is 382 g/mol. The monoisotopic (exact) mass is 391 g/mol. The summed E-state index contributed by atoms with van der Waals surface area (Å²) in [5.41, 5.74) is 3.48. The molecule has 7 heteroatoms. The molecule has 3 N–H and O–H groups in total. The van der Waals surface area contributed by atoms with Crippen LogP contribution in [-0.4, -0.2) is 23.0 Å². The number of aromatic hydroxyl groups is 1. The molecule has 0 aromatic heterocycles. The molecule has 0 aliphatic carbocycles. The van der Waals surface area contributed by atoms with Crippen LogP contribution < -0.4 is 10.7 Å². The van der Waals surface area contributed by atoms with E-state index in [1.54, 1.807) is 24.4 Å².